The van der Waals surface area contributed by atoms with Gasteiger partial charge in [-0.2, -0.15) is 0 Å². The van der Waals surface area contributed by atoms with Crippen LogP contribution in [0.5, 0.6) is 0 Å². The molecule has 0 aliphatic carbocycles. The topological polar surface area (TPSA) is 46.5 Å². The van der Waals surface area contributed by atoms with Gasteiger partial charge in [0.25, 0.3) is 0 Å². The Morgan fingerprint density at radius 2 is 1.93 bits per heavy atom. The molecule has 14 heavy (non-hydrogen) atoms. The normalized spacial score (nSPS) is 13.6. The molecule has 0 saturated heterocycles. The van der Waals surface area contributed by atoms with Gasteiger partial charge in [0.05, 0.1) is 25.8 Å². The second-order valence-electron chi connectivity index (χ2n) is 2.94. The fraction of sp³-hybridized carbons (Fsp3) is 0.900. The Morgan fingerprint density at radius 3 is 2.21 bits per heavy atom. The van der Waals surface area contributed by atoms with E-state index in [4.69, 9.17) is 9.84 Å². The first-order valence-electron chi connectivity index (χ1n) is 4.84. The first-order chi connectivity index (χ1) is 6.61. The van der Waals surface area contributed by atoms with E-state index in [0.29, 0.717) is 20.2 Å². The van der Waals surface area contributed by atoms with E-state index >= 15 is 0 Å². The lowest BCUT2D eigenvalue weighted by Crippen LogP contribution is -2.21. The molecule has 2 atom stereocenters. The standard InChI is InChI=1S/C9H18O3.CH3F/c1-4-8(6-7(3)10)9(11)12-5-2;1-2/h7-8,10H,4-6H2,1-3H3;1H3. The van der Waals surface area contributed by atoms with Gasteiger partial charge in [0.2, 0.25) is 0 Å². The summed E-state index contributed by atoms with van der Waals surface area (Å²) in [6.07, 6.45) is 0.790. The van der Waals surface area contributed by atoms with Crippen LogP contribution >= 0.6 is 0 Å². The van der Waals surface area contributed by atoms with E-state index in [9.17, 15) is 9.18 Å². The minimum atomic E-state index is -0.431. The highest BCUT2D eigenvalue weighted by molar-refractivity contribution is 5.72. The van der Waals surface area contributed by atoms with Crippen LogP contribution in [-0.2, 0) is 9.53 Å². The number of rotatable bonds is 5. The van der Waals surface area contributed by atoms with Crippen LogP contribution in [0.3, 0.4) is 0 Å². The summed E-state index contributed by atoms with van der Waals surface area (Å²) in [5.41, 5.74) is 0. The molecule has 0 saturated carbocycles. The van der Waals surface area contributed by atoms with Crippen molar-refractivity contribution >= 4 is 5.97 Å². The number of esters is 1. The van der Waals surface area contributed by atoms with Crippen LogP contribution < -0.4 is 0 Å². The number of aliphatic hydroxyl groups is 1. The van der Waals surface area contributed by atoms with Crippen LogP contribution in [0, 0.1) is 5.92 Å². The minimum absolute atomic E-state index is 0.148. The number of hydrogen-bond acceptors (Lipinski definition) is 3. The SMILES string of the molecule is CCOC(=O)C(CC)CC(C)O.CF. The lowest BCUT2D eigenvalue weighted by Gasteiger charge is -2.14. The smallest absolute Gasteiger partial charge is 0.309 e. The Balaban J connectivity index is 0. The van der Waals surface area contributed by atoms with Crippen molar-refractivity contribution in [2.24, 2.45) is 5.92 Å². The maximum absolute atomic E-state index is 11.2. The number of hydrogen-bond donors (Lipinski definition) is 1. The summed E-state index contributed by atoms with van der Waals surface area (Å²) in [4.78, 5) is 11.2. The summed E-state index contributed by atoms with van der Waals surface area (Å²) in [5, 5.41) is 9.06. The Morgan fingerprint density at radius 1 is 1.43 bits per heavy atom. The summed E-state index contributed by atoms with van der Waals surface area (Å²) < 4.78 is 14.3. The summed E-state index contributed by atoms with van der Waals surface area (Å²) in [5.74, 6) is -0.342. The van der Waals surface area contributed by atoms with E-state index in [1.807, 2.05) is 6.92 Å². The Kier molecular flexibility index (Phi) is 11.8. The van der Waals surface area contributed by atoms with Crippen molar-refractivity contribution in [3.05, 3.63) is 0 Å². The van der Waals surface area contributed by atoms with Crippen molar-refractivity contribution in [2.45, 2.75) is 39.7 Å². The van der Waals surface area contributed by atoms with Gasteiger partial charge in [0.15, 0.2) is 0 Å². The van der Waals surface area contributed by atoms with Gasteiger partial charge in [0, 0.05) is 0 Å². The quantitative estimate of drug-likeness (QED) is 0.702. The molecule has 0 spiro atoms. The highest BCUT2D eigenvalue weighted by Gasteiger charge is 2.19. The van der Waals surface area contributed by atoms with E-state index < -0.39 is 6.10 Å². The molecule has 0 aromatic carbocycles. The van der Waals surface area contributed by atoms with E-state index in [1.54, 1.807) is 13.8 Å². The molecule has 1 N–H and O–H groups in total. The van der Waals surface area contributed by atoms with Crippen LogP contribution in [0.2, 0.25) is 0 Å². The van der Waals surface area contributed by atoms with E-state index in [0.717, 1.165) is 6.42 Å². The van der Waals surface area contributed by atoms with Crippen molar-refractivity contribution in [3.8, 4) is 0 Å². The molecular formula is C10H21FO3. The van der Waals surface area contributed by atoms with Gasteiger partial charge in [-0.25, -0.2) is 0 Å². The van der Waals surface area contributed by atoms with Crippen LogP contribution in [0.15, 0.2) is 0 Å². The molecular weight excluding hydrogens is 187 g/mol. The molecule has 0 aromatic heterocycles. The van der Waals surface area contributed by atoms with Gasteiger partial charge < -0.3 is 9.84 Å². The molecule has 3 nitrogen and oxygen atoms in total. The Labute approximate surface area is 85.3 Å². The number of carbonyl (C=O) groups is 1. The maximum Gasteiger partial charge on any atom is 0.309 e. The fourth-order valence-electron chi connectivity index (χ4n) is 1.10. The maximum atomic E-state index is 11.2. The number of ether oxygens (including phenoxy) is 1. The molecule has 0 aromatic rings. The number of carbonyl (C=O) groups excluding carboxylic acids is 1. The summed E-state index contributed by atoms with van der Waals surface area (Å²) in [6.45, 7) is 5.80. The summed E-state index contributed by atoms with van der Waals surface area (Å²) >= 11 is 0. The second kappa shape index (κ2) is 10.4. The van der Waals surface area contributed by atoms with Gasteiger partial charge in [-0.05, 0) is 26.7 Å². The third-order valence-corrected chi connectivity index (χ3v) is 1.74. The summed E-state index contributed by atoms with van der Waals surface area (Å²) in [6, 6.07) is 0. The number of halogens is 1. The van der Waals surface area contributed by atoms with Crippen molar-refractivity contribution in [1.29, 1.82) is 0 Å². The van der Waals surface area contributed by atoms with Gasteiger partial charge in [-0.3, -0.25) is 9.18 Å². The summed E-state index contributed by atoms with van der Waals surface area (Å²) in [7, 11) is 0.500. The molecule has 0 bridgehead atoms. The molecule has 0 amide bonds. The first-order valence-corrected chi connectivity index (χ1v) is 4.84. The third kappa shape index (κ3) is 7.98. The molecule has 0 heterocycles. The Bertz CT molecular complexity index is 137. The number of aliphatic hydroxyl groups excluding tert-OH is 1. The molecule has 0 rings (SSSR count). The zero-order valence-electron chi connectivity index (χ0n) is 9.42. The average molecular weight is 208 g/mol. The zero-order valence-corrected chi connectivity index (χ0v) is 9.42. The molecule has 4 heteroatoms. The first kappa shape index (κ1) is 15.8. The Hall–Kier alpha value is -0.640. The monoisotopic (exact) mass is 208 g/mol. The molecule has 86 valence electrons. The minimum Gasteiger partial charge on any atom is -0.466 e. The highest BCUT2D eigenvalue weighted by atomic mass is 19.1. The van der Waals surface area contributed by atoms with E-state index in [1.165, 1.54) is 0 Å². The van der Waals surface area contributed by atoms with Gasteiger partial charge in [-0.15, -0.1) is 0 Å². The van der Waals surface area contributed by atoms with Crippen LogP contribution in [0.1, 0.15) is 33.6 Å². The fourth-order valence-corrected chi connectivity index (χ4v) is 1.10. The van der Waals surface area contributed by atoms with Crippen molar-refractivity contribution in [3.63, 3.8) is 0 Å². The molecule has 0 aliphatic rings. The van der Waals surface area contributed by atoms with Crippen molar-refractivity contribution in [2.75, 3.05) is 13.8 Å². The van der Waals surface area contributed by atoms with Crippen molar-refractivity contribution < 1.29 is 19.0 Å². The lowest BCUT2D eigenvalue weighted by molar-refractivity contribution is -0.149. The van der Waals surface area contributed by atoms with E-state index in [-0.39, 0.29) is 11.9 Å². The second-order valence-corrected chi connectivity index (χ2v) is 2.94. The highest BCUT2D eigenvalue weighted by Crippen LogP contribution is 2.12. The molecule has 0 aliphatic heterocycles. The molecule has 0 fully saturated rings. The largest absolute Gasteiger partial charge is 0.466 e. The predicted molar refractivity (Wildman–Crippen MR) is 53.7 cm³/mol. The van der Waals surface area contributed by atoms with Gasteiger partial charge in [-0.1, -0.05) is 6.92 Å². The predicted octanol–water partition coefficient (Wildman–Crippen LogP) is 1.93. The van der Waals surface area contributed by atoms with Crippen LogP contribution in [0.25, 0.3) is 0 Å². The number of alkyl halides is 1. The average Bonchev–Trinajstić information content (AvgIpc) is 2.17. The van der Waals surface area contributed by atoms with Crippen LogP contribution in [0.4, 0.5) is 4.39 Å². The molecule has 0 radical (unpaired) electrons. The van der Waals surface area contributed by atoms with Crippen molar-refractivity contribution in [1.82, 2.24) is 0 Å². The lowest BCUT2D eigenvalue weighted by atomic mass is 10.00. The zero-order chi connectivity index (χ0) is 11.6. The van der Waals surface area contributed by atoms with E-state index in [2.05, 4.69) is 0 Å². The van der Waals surface area contributed by atoms with Gasteiger partial charge in [0.1, 0.15) is 0 Å². The molecule has 2 unspecified atom stereocenters. The third-order valence-electron chi connectivity index (χ3n) is 1.74. The van der Waals surface area contributed by atoms with Gasteiger partial charge >= 0.3 is 5.97 Å². The van der Waals surface area contributed by atoms with Crippen LogP contribution in [-0.4, -0.2) is 31.0 Å².